The summed E-state index contributed by atoms with van der Waals surface area (Å²) in [5.41, 5.74) is 2.35. The average molecular weight is 427 g/mol. The quantitative estimate of drug-likeness (QED) is 0.530. The smallest absolute Gasteiger partial charge is 0.271 e. The van der Waals surface area contributed by atoms with Crippen LogP contribution < -0.4 is 10.7 Å². The van der Waals surface area contributed by atoms with Crippen LogP contribution in [0.2, 0.25) is 0 Å². The summed E-state index contributed by atoms with van der Waals surface area (Å²) in [6.07, 6.45) is 4.81. The molecule has 2 heterocycles. The number of carbonyl (C=O) groups excluding carboxylic acids is 3. The molecule has 3 aliphatic rings. The molecule has 3 fully saturated rings. The SMILES string of the molecule is CN1C(=O)CS/C1=N\NC(=O)C(O)C(NC(=O)C1CCCCC1)C1CCOCC1. The summed E-state index contributed by atoms with van der Waals surface area (Å²) in [7, 11) is 1.58. The Bertz CT molecular complexity index is 647. The number of aliphatic hydroxyl groups excluding tert-OH is 1. The van der Waals surface area contributed by atoms with E-state index in [1.165, 1.54) is 16.7 Å². The van der Waals surface area contributed by atoms with Gasteiger partial charge in [0.1, 0.15) is 0 Å². The summed E-state index contributed by atoms with van der Waals surface area (Å²) >= 11 is 1.22. The van der Waals surface area contributed by atoms with Crippen molar-refractivity contribution in [3.63, 3.8) is 0 Å². The minimum Gasteiger partial charge on any atom is -0.381 e. The van der Waals surface area contributed by atoms with Crippen molar-refractivity contribution in [1.29, 1.82) is 0 Å². The molecule has 3 N–H and O–H groups in total. The summed E-state index contributed by atoms with van der Waals surface area (Å²) in [4.78, 5) is 38.2. The highest BCUT2D eigenvalue weighted by Gasteiger charge is 2.37. The zero-order valence-corrected chi connectivity index (χ0v) is 17.6. The number of nitrogens with zero attached hydrogens (tertiary/aromatic N) is 2. The molecule has 9 nitrogen and oxygen atoms in total. The van der Waals surface area contributed by atoms with E-state index < -0.39 is 18.1 Å². The molecule has 0 aromatic rings. The second kappa shape index (κ2) is 10.4. The van der Waals surface area contributed by atoms with Gasteiger partial charge < -0.3 is 15.2 Å². The molecule has 0 aromatic carbocycles. The predicted molar refractivity (Wildman–Crippen MR) is 109 cm³/mol. The van der Waals surface area contributed by atoms with Gasteiger partial charge in [0.25, 0.3) is 5.91 Å². The van der Waals surface area contributed by atoms with Gasteiger partial charge >= 0.3 is 0 Å². The number of nitrogens with one attached hydrogen (secondary N) is 2. The van der Waals surface area contributed by atoms with E-state index in [9.17, 15) is 19.5 Å². The molecule has 29 heavy (non-hydrogen) atoms. The van der Waals surface area contributed by atoms with Gasteiger partial charge in [-0.1, -0.05) is 31.0 Å². The second-order valence-corrected chi connectivity index (χ2v) is 8.82. The number of hydrogen-bond acceptors (Lipinski definition) is 7. The van der Waals surface area contributed by atoms with Crippen LogP contribution in [-0.2, 0) is 19.1 Å². The highest BCUT2D eigenvalue weighted by Crippen LogP contribution is 2.26. The van der Waals surface area contributed by atoms with Crippen LogP contribution in [0.3, 0.4) is 0 Å². The summed E-state index contributed by atoms with van der Waals surface area (Å²) < 4.78 is 5.39. The van der Waals surface area contributed by atoms with Crippen LogP contribution >= 0.6 is 11.8 Å². The van der Waals surface area contributed by atoms with Crippen molar-refractivity contribution in [2.45, 2.75) is 57.1 Å². The van der Waals surface area contributed by atoms with Gasteiger partial charge in [-0.2, -0.15) is 0 Å². The first-order valence-electron chi connectivity index (χ1n) is 10.3. The van der Waals surface area contributed by atoms with Gasteiger partial charge in [-0.15, -0.1) is 5.10 Å². The van der Waals surface area contributed by atoms with Crippen LogP contribution in [0, 0.1) is 11.8 Å². The highest BCUT2D eigenvalue weighted by molar-refractivity contribution is 8.15. The lowest BCUT2D eigenvalue weighted by Gasteiger charge is -2.34. The van der Waals surface area contributed by atoms with E-state index in [4.69, 9.17) is 4.74 Å². The standard InChI is InChI=1S/C19H30N4O5S/c1-23-14(24)11-29-19(23)22-21-18(27)16(25)15(12-7-9-28-10-8-12)20-17(26)13-5-3-2-4-6-13/h12-13,15-16,25H,2-11H2,1H3,(H,20,26)(H,21,27)/b22-19-. The molecule has 3 amide bonds. The van der Waals surface area contributed by atoms with Crippen molar-refractivity contribution in [3.05, 3.63) is 0 Å². The van der Waals surface area contributed by atoms with Crippen molar-refractivity contribution in [3.8, 4) is 0 Å². The van der Waals surface area contributed by atoms with E-state index in [1.807, 2.05) is 0 Å². The van der Waals surface area contributed by atoms with Gasteiger partial charge in [-0.25, -0.2) is 5.43 Å². The van der Waals surface area contributed by atoms with Crippen LogP contribution in [0.1, 0.15) is 44.9 Å². The fraction of sp³-hybridized carbons (Fsp3) is 0.789. The third-order valence-electron chi connectivity index (χ3n) is 5.92. The fourth-order valence-electron chi connectivity index (χ4n) is 4.04. The van der Waals surface area contributed by atoms with E-state index in [0.717, 1.165) is 32.1 Å². The lowest BCUT2D eigenvalue weighted by Crippen LogP contribution is -2.55. The van der Waals surface area contributed by atoms with E-state index in [2.05, 4.69) is 15.8 Å². The minimum atomic E-state index is -1.43. The molecule has 3 rings (SSSR count). The van der Waals surface area contributed by atoms with Crippen LogP contribution in [0.5, 0.6) is 0 Å². The molecule has 2 saturated heterocycles. The summed E-state index contributed by atoms with van der Waals surface area (Å²) in [6, 6.07) is -0.691. The maximum absolute atomic E-state index is 12.8. The summed E-state index contributed by atoms with van der Waals surface area (Å²) in [5.74, 6) is -0.702. The number of hydrazone groups is 1. The Kier molecular flexibility index (Phi) is 7.91. The lowest BCUT2D eigenvalue weighted by molar-refractivity contribution is -0.135. The molecule has 0 spiro atoms. The van der Waals surface area contributed by atoms with Crippen molar-refractivity contribution >= 4 is 34.7 Å². The van der Waals surface area contributed by atoms with E-state index in [-0.39, 0.29) is 29.4 Å². The molecule has 2 atom stereocenters. The topological polar surface area (TPSA) is 120 Å². The van der Waals surface area contributed by atoms with Gasteiger partial charge in [-0.3, -0.25) is 19.3 Å². The number of rotatable bonds is 6. The summed E-state index contributed by atoms with van der Waals surface area (Å²) in [5, 5.41) is 18.0. The van der Waals surface area contributed by atoms with E-state index in [0.29, 0.717) is 31.2 Å². The first kappa shape index (κ1) is 22.0. The Labute approximate surface area is 175 Å². The summed E-state index contributed by atoms with van der Waals surface area (Å²) in [6.45, 7) is 1.08. The maximum Gasteiger partial charge on any atom is 0.271 e. The largest absolute Gasteiger partial charge is 0.381 e. The molecule has 10 heteroatoms. The molecular formula is C19H30N4O5S. The number of hydrogen-bond donors (Lipinski definition) is 3. The van der Waals surface area contributed by atoms with Crippen molar-refractivity contribution in [1.82, 2.24) is 15.6 Å². The van der Waals surface area contributed by atoms with Crippen LogP contribution in [0.4, 0.5) is 0 Å². The molecule has 1 aliphatic carbocycles. The second-order valence-electron chi connectivity index (χ2n) is 7.88. The molecule has 0 radical (unpaired) electrons. The Morgan fingerprint density at radius 1 is 1.21 bits per heavy atom. The van der Waals surface area contributed by atoms with Gasteiger partial charge in [0.15, 0.2) is 11.3 Å². The minimum absolute atomic E-state index is 0.0465. The third-order valence-corrected chi connectivity index (χ3v) is 6.93. The van der Waals surface area contributed by atoms with Gasteiger partial charge in [0.2, 0.25) is 11.8 Å². The van der Waals surface area contributed by atoms with Crippen molar-refractivity contribution in [2.24, 2.45) is 16.9 Å². The number of ether oxygens (including phenoxy) is 1. The van der Waals surface area contributed by atoms with Crippen molar-refractivity contribution < 1.29 is 24.2 Å². The Hall–Kier alpha value is -1.65. The number of thioether (sulfide) groups is 1. The average Bonchev–Trinajstić information content (AvgIpc) is 3.08. The Morgan fingerprint density at radius 2 is 1.90 bits per heavy atom. The molecule has 2 aliphatic heterocycles. The van der Waals surface area contributed by atoms with Gasteiger partial charge in [0.05, 0.1) is 11.8 Å². The van der Waals surface area contributed by atoms with E-state index >= 15 is 0 Å². The number of amides is 3. The Morgan fingerprint density at radius 3 is 2.52 bits per heavy atom. The zero-order valence-electron chi connectivity index (χ0n) is 16.8. The van der Waals surface area contributed by atoms with Crippen LogP contribution in [0.25, 0.3) is 0 Å². The Balaban J connectivity index is 1.65. The molecule has 0 aromatic heterocycles. The molecule has 1 saturated carbocycles. The zero-order chi connectivity index (χ0) is 20.8. The number of aliphatic hydroxyl groups is 1. The molecule has 2 unspecified atom stereocenters. The first-order valence-corrected chi connectivity index (χ1v) is 11.3. The normalized spacial score (nSPS) is 25.1. The first-order chi connectivity index (χ1) is 14.0. The van der Waals surface area contributed by atoms with E-state index in [1.54, 1.807) is 7.05 Å². The molecule has 0 bridgehead atoms. The molecular weight excluding hydrogens is 396 g/mol. The number of carbonyl (C=O) groups is 3. The third kappa shape index (κ3) is 5.70. The number of amidine groups is 1. The van der Waals surface area contributed by atoms with Crippen molar-refractivity contribution in [2.75, 3.05) is 26.0 Å². The predicted octanol–water partition coefficient (Wildman–Crippen LogP) is 0.431. The maximum atomic E-state index is 12.8. The van der Waals surface area contributed by atoms with Crippen LogP contribution in [0.15, 0.2) is 5.10 Å². The lowest BCUT2D eigenvalue weighted by atomic mass is 9.85. The fourth-order valence-corrected chi connectivity index (χ4v) is 4.89. The van der Waals surface area contributed by atoms with Gasteiger partial charge in [0, 0.05) is 26.2 Å². The highest BCUT2D eigenvalue weighted by atomic mass is 32.2. The monoisotopic (exact) mass is 426 g/mol. The van der Waals surface area contributed by atoms with Gasteiger partial charge in [-0.05, 0) is 31.6 Å². The van der Waals surface area contributed by atoms with Crippen LogP contribution in [-0.4, -0.2) is 71.1 Å². The molecule has 162 valence electrons.